The third kappa shape index (κ3) is 3.51. The Morgan fingerprint density at radius 3 is 3.16 bits per heavy atom. The molecule has 1 saturated heterocycles. The Kier molecular flexibility index (Phi) is 4.86. The molecule has 2 N–H and O–H groups in total. The molecule has 1 aliphatic heterocycles. The van der Waals surface area contributed by atoms with Gasteiger partial charge in [-0.1, -0.05) is 6.92 Å². The zero-order valence-corrected chi connectivity index (χ0v) is 11.4. The SMILES string of the molecule is CCCNC1COCC1C(=O)N(C)Cc1ncn[nH]1. The van der Waals surface area contributed by atoms with Crippen LogP contribution in [0.4, 0.5) is 0 Å². The predicted octanol–water partition coefficient (Wildman–Crippen LogP) is -0.222. The summed E-state index contributed by atoms with van der Waals surface area (Å²) in [6.07, 6.45) is 2.49. The Hall–Kier alpha value is -1.47. The molecule has 0 saturated carbocycles. The van der Waals surface area contributed by atoms with E-state index in [1.165, 1.54) is 6.33 Å². The molecule has 0 radical (unpaired) electrons. The summed E-state index contributed by atoms with van der Waals surface area (Å²) in [5, 5.41) is 9.90. The second-order valence-corrected chi connectivity index (χ2v) is 4.83. The molecule has 0 bridgehead atoms. The molecule has 7 nitrogen and oxygen atoms in total. The van der Waals surface area contributed by atoms with Crippen molar-refractivity contribution in [2.24, 2.45) is 5.92 Å². The van der Waals surface area contributed by atoms with Crippen LogP contribution in [0.5, 0.6) is 0 Å². The van der Waals surface area contributed by atoms with Gasteiger partial charge in [0.2, 0.25) is 5.91 Å². The number of hydrogen-bond donors (Lipinski definition) is 2. The lowest BCUT2D eigenvalue weighted by atomic mass is 10.0. The lowest BCUT2D eigenvalue weighted by Crippen LogP contribution is -2.44. The molecule has 19 heavy (non-hydrogen) atoms. The zero-order chi connectivity index (χ0) is 13.7. The normalized spacial score (nSPS) is 22.6. The van der Waals surface area contributed by atoms with Crippen molar-refractivity contribution in [2.75, 3.05) is 26.8 Å². The van der Waals surface area contributed by atoms with Crippen LogP contribution in [-0.2, 0) is 16.1 Å². The van der Waals surface area contributed by atoms with Crippen molar-refractivity contribution in [3.05, 3.63) is 12.2 Å². The van der Waals surface area contributed by atoms with E-state index in [0.717, 1.165) is 13.0 Å². The third-order valence-electron chi connectivity index (χ3n) is 3.28. The maximum absolute atomic E-state index is 12.4. The average molecular weight is 267 g/mol. The van der Waals surface area contributed by atoms with E-state index >= 15 is 0 Å². The highest BCUT2D eigenvalue weighted by molar-refractivity contribution is 5.79. The van der Waals surface area contributed by atoms with Crippen molar-refractivity contribution in [1.29, 1.82) is 0 Å². The second-order valence-electron chi connectivity index (χ2n) is 4.83. The molecule has 1 aromatic heterocycles. The van der Waals surface area contributed by atoms with Crippen molar-refractivity contribution < 1.29 is 9.53 Å². The molecule has 2 rings (SSSR count). The molecule has 0 aromatic carbocycles. The monoisotopic (exact) mass is 267 g/mol. The van der Waals surface area contributed by atoms with E-state index in [4.69, 9.17) is 4.74 Å². The smallest absolute Gasteiger partial charge is 0.229 e. The molecule has 2 heterocycles. The third-order valence-corrected chi connectivity index (χ3v) is 3.28. The minimum absolute atomic E-state index is 0.0857. The first-order valence-electron chi connectivity index (χ1n) is 6.62. The van der Waals surface area contributed by atoms with Crippen LogP contribution in [-0.4, -0.2) is 58.8 Å². The van der Waals surface area contributed by atoms with Crippen molar-refractivity contribution in [2.45, 2.75) is 25.9 Å². The summed E-state index contributed by atoms with van der Waals surface area (Å²) >= 11 is 0. The largest absolute Gasteiger partial charge is 0.379 e. The van der Waals surface area contributed by atoms with Crippen LogP contribution in [0.1, 0.15) is 19.2 Å². The summed E-state index contributed by atoms with van der Waals surface area (Å²) < 4.78 is 5.43. The molecule has 0 aliphatic carbocycles. The number of nitrogens with one attached hydrogen (secondary N) is 2. The molecule has 0 spiro atoms. The zero-order valence-electron chi connectivity index (χ0n) is 11.4. The van der Waals surface area contributed by atoms with Crippen LogP contribution in [0, 0.1) is 5.92 Å². The number of H-pyrrole nitrogens is 1. The van der Waals surface area contributed by atoms with Crippen molar-refractivity contribution >= 4 is 5.91 Å². The molecule has 2 atom stereocenters. The van der Waals surface area contributed by atoms with Crippen LogP contribution in [0.3, 0.4) is 0 Å². The predicted molar refractivity (Wildman–Crippen MR) is 69.2 cm³/mol. The summed E-state index contributed by atoms with van der Waals surface area (Å²) in [5.74, 6) is 0.662. The number of carbonyl (C=O) groups excluding carboxylic acids is 1. The minimum Gasteiger partial charge on any atom is -0.379 e. The van der Waals surface area contributed by atoms with Gasteiger partial charge < -0.3 is 15.0 Å². The fraction of sp³-hybridized carbons (Fsp3) is 0.750. The first kappa shape index (κ1) is 14.0. The van der Waals surface area contributed by atoms with E-state index in [9.17, 15) is 4.79 Å². The van der Waals surface area contributed by atoms with E-state index in [-0.39, 0.29) is 17.9 Å². The van der Waals surface area contributed by atoms with Crippen molar-refractivity contribution in [3.8, 4) is 0 Å². The van der Waals surface area contributed by atoms with E-state index < -0.39 is 0 Å². The van der Waals surface area contributed by atoms with Crippen molar-refractivity contribution in [1.82, 2.24) is 25.4 Å². The van der Waals surface area contributed by atoms with E-state index in [2.05, 4.69) is 27.4 Å². The fourth-order valence-corrected chi connectivity index (χ4v) is 2.22. The van der Waals surface area contributed by atoms with Gasteiger partial charge in [0, 0.05) is 13.1 Å². The summed E-state index contributed by atoms with van der Waals surface area (Å²) in [5.41, 5.74) is 0. The molecule has 106 valence electrons. The number of nitrogens with zero attached hydrogens (tertiary/aromatic N) is 3. The second kappa shape index (κ2) is 6.63. The molecule has 2 unspecified atom stereocenters. The highest BCUT2D eigenvalue weighted by Gasteiger charge is 2.35. The van der Waals surface area contributed by atoms with E-state index in [1.54, 1.807) is 11.9 Å². The van der Waals surface area contributed by atoms with Crippen LogP contribution < -0.4 is 5.32 Å². The summed E-state index contributed by atoms with van der Waals surface area (Å²) in [6, 6.07) is 0.115. The topological polar surface area (TPSA) is 83.1 Å². The fourth-order valence-electron chi connectivity index (χ4n) is 2.22. The molecular formula is C12H21N5O2. The highest BCUT2D eigenvalue weighted by atomic mass is 16.5. The Morgan fingerprint density at radius 2 is 2.47 bits per heavy atom. The van der Waals surface area contributed by atoms with Gasteiger partial charge in [-0.25, -0.2) is 4.98 Å². The van der Waals surface area contributed by atoms with Gasteiger partial charge in [-0.3, -0.25) is 9.89 Å². The lowest BCUT2D eigenvalue weighted by Gasteiger charge is -2.23. The van der Waals surface area contributed by atoms with Gasteiger partial charge >= 0.3 is 0 Å². The number of aromatic nitrogens is 3. The Morgan fingerprint density at radius 1 is 1.63 bits per heavy atom. The summed E-state index contributed by atoms with van der Waals surface area (Å²) in [6.45, 7) is 4.54. The number of carbonyl (C=O) groups is 1. The molecule has 7 heteroatoms. The minimum atomic E-state index is -0.112. The molecular weight excluding hydrogens is 246 g/mol. The molecule has 1 aliphatic rings. The maximum Gasteiger partial charge on any atom is 0.229 e. The van der Waals surface area contributed by atoms with Crippen LogP contribution in [0.2, 0.25) is 0 Å². The van der Waals surface area contributed by atoms with Gasteiger partial charge in [0.15, 0.2) is 0 Å². The van der Waals surface area contributed by atoms with Gasteiger partial charge in [0.1, 0.15) is 12.2 Å². The van der Waals surface area contributed by atoms with E-state index in [1.807, 2.05) is 0 Å². The molecule has 1 fully saturated rings. The number of hydrogen-bond acceptors (Lipinski definition) is 5. The van der Waals surface area contributed by atoms with Gasteiger partial charge in [-0.05, 0) is 13.0 Å². The van der Waals surface area contributed by atoms with Gasteiger partial charge in [0.25, 0.3) is 0 Å². The Bertz CT molecular complexity index is 395. The maximum atomic E-state index is 12.4. The van der Waals surface area contributed by atoms with Gasteiger partial charge in [-0.15, -0.1) is 0 Å². The van der Waals surface area contributed by atoms with Crippen molar-refractivity contribution in [3.63, 3.8) is 0 Å². The summed E-state index contributed by atoms with van der Waals surface area (Å²) in [7, 11) is 1.78. The number of ether oxygens (including phenoxy) is 1. The van der Waals surface area contributed by atoms with Crippen LogP contribution >= 0.6 is 0 Å². The number of amides is 1. The van der Waals surface area contributed by atoms with Crippen LogP contribution in [0.15, 0.2) is 6.33 Å². The van der Waals surface area contributed by atoms with E-state index in [0.29, 0.717) is 25.6 Å². The van der Waals surface area contributed by atoms with Crippen LogP contribution in [0.25, 0.3) is 0 Å². The molecule has 1 aromatic rings. The Balaban J connectivity index is 1.90. The number of rotatable bonds is 6. The van der Waals surface area contributed by atoms with Gasteiger partial charge in [-0.2, -0.15) is 5.10 Å². The quantitative estimate of drug-likeness (QED) is 0.744. The summed E-state index contributed by atoms with van der Waals surface area (Å²) in [4.78, 5) is 18.1. The lowest BCUT2D eigenvalue weighted by molar-refractivity contribution is -0.135. The first-order chi connectivity index (χ1) is 9.22. The first-order valence-corrected chi connectivity index (χ1v) is 6.62. The van der Waals surface area contributed by atoms with Gasteiger partial charge in [0.05, 0.1) is 25.7 Å². The average Bonchev–Trinajstić information content (AvgIpc) is 3.06. The Labute approximate surface area is 112 Å². The standard InChI is InChI=1S/C12H21N5O2/c1-3-4-13-10-7-19-6-9(10)12(18)17(2)5-11-14-8-15-16-11/h8-10,13H,3-7H2,1-2H3,(H,14,15,16). The molecule has 1 amide bonds. The highest BCUT2D eigenvalue weighted by Crippen LogP contribution is 2.17. The number of aromatic amines is 1.